The summed E-state index contributed by atoms with van der Waals surface area (Å²) < 4.78 is 0.819. The smallest absolute Gasteiger partial charge is 0.244 e. The zero-order chi connectivity index (χ0) is 12.0. The van der Waals surface area contributed by atoms with Gasteiger partial charge in [0.2, 0.25) is 11.0 Å². The molecule has 0 aliphatic heterocycles. The zero-order valence-electron chi connectivity index (χ0n) is 8.52. The van der Waals surface area contributed by atoms with Gasteiger partial charge >= 0.3 is 0 Å². The van der Waals surface area contributed by atoms with E-state index in [4.69, 9.17) is 23.2 Å². The number of hydrogen-bond acceptors (Lipinski definition) is 2. The summed E-state index contributed by atoms with van der Waals surface area (Å²) in [6, 6.07) is 10.00. The summed E-state index contributed by atoms with van der Waals surface area (Å²) in [5.41, 5.74) is 2.10. The largest absolute Gasteiger partial charge is 0.618 e. The van der Waals surface area contributed by atoms with E-state index in [0.717, 1.165) is 4.73 Å². The van der Waals surface area contributed by atoms with E-state index < -0.39 is 0 Å². The fourth-order valence-corrected chi connectivity index (χ4v) is 2.10. The Kier molecular flexibility index (Phi) is 2.31. The molecule has 5 heteroatoms. The molecule has 0 unspecified atom stereocenters. The van der Waals surface area contributed by atoms with Gasteiger partial charge in [-0.2, -0.15) is 4.73 Å². The number of hydrogen-bond donors (Lipinski definition) is 0. The first kappa shape index (κ1) is 10.6. The molecular weight excluding hydrogens is 259 g/mol. The van der Waals surface area contributed by atoms with Crippen molar-refractivity contribution in [2.24, 2.45) is 0 Å². The molecule has 1 heterocycles. The minimum atomic E-state index is 0.451. The Hall–Kier alpha value is -1.58. The second-order valence-electron chi connectivity index (χ2n) is 3.67. The van der Waals surface area contributed by atoms with E-state index >= 15 is 0 Å². The standard InChI is InChI=1S/C12H6Cl2N2O/c13-7-2-4-11-10(5-7)15-9-3-1-8(14)6-12(9)16(11)17/h1-6H. The number of aromatic nitrogens is 2. The fourth-order valence-electron chi connectivity index (χ4n) is 1.77. The van der Waals surface area contributed by atoms with Crippen LogP contribution in [0.25, 0.3) is 22.1 Å². The lowest BCUT2D eigenvalue weighted by atomic mass is 10.2. The normalized spacial score (nSPS) is 11.2. The van der Waals surface area contributed by atoms with E-state index in [1.807, 2.05) is 0 Å². The van der Waals surface area contributed by atoms with Crippen molar-refractivity contribution in [1.29, 1.82) is 0 Å². The van der Waals surface area contributed by atoms with E-state index in [2.05, 4.69) is 4.98 Å². The van der Waals surface area contributed by atoms with E-state index in [0.29, 0.717) is 32.1 Å². The van der Waals surface area contributed by atoms with Gasteiger partial charge in [-0.1, -0.05) is 23.2 Å². The first-order valence-corrected chi connectivity index (χ1v) is 5.69. The molecular formula is C12H6Cl2N2O. The molecule has 0 radical (unpaired) electrons. The van der Waals surface area contributed by atoms with Crippen LogP contribution < -0.4 is 4.73 Å². The quantitative estimate of drug-likeness (QED) is 0.355. The number of fused-ring (bicyclic) bond motifs is 2. The summed E-state index contributed by atoms with van der Waals surface area (Å²) in [5.74, 6) is 0. The average Bonchev–Trinajstić information content (AvgIpc) is 2.30. The molecule has 0 spiro atoms. The molecule has 0 aliphatic rings. The van der Waals surface area contributed by atoms with Gasteiger partial charge in [-0.3, -0.25) is 0 Å². The Balaban J connectivity index is 2.52. The summed E-state index contributed by atoms with van der Waals surface area (Å²) in [4.78, 5) is 4.38. The first-order valence-electron chi connectivity index (χ1n) is 4.93. The van der Waals surface area contributed by atoms with Crippen LogP contribution in [0.5, 0.6) is 0 Å². The van der Waals surface area contributed by atoms with Crippen molar-refractivity contribution in [1.82, 2.24) is 4.98 Å². The van der Waals surface area contributed by atoms with E-state index in [-0.39, 0.29) is 0 Å². The summed E-state index contributed by atoms with van der Waals surface area (Å²) in [7, 11) is 0. The lowest BCUT2D eigenvalue weighted by Gasteiger charge is -2.05. The van der Waals surface area contributed by atoms with Crippen molar-refractivity contribution >= 4 is 45.3 Å². The van der Waals surface area contributed by atoms with Crippen LogP contribution in [0.3, 0.4) is 0 Å². The Bertz CT molecular complexity index is 743. The lowest BCUT2D eigenvalue weighted by molar-refractivity contribution is -0.548. The number of halogens is 2. The van der Waals surface area contributed by atoms with E-state index in [1.165, 1.54) is 0 Å². The Morgan fingerprint density at radius 1 is 0.882 bits per heavy atom. The van der Waals surface area contributed by atoms with Crippen LogP contribution in [0.15, 0.2) is 36.4 Å². The van der Waals surface area contributed by atoms with Crippen molar-refractivity contribution in [3.8, 4) is 0 Å². The third-order valence-electron chi connectivity index (χ3n) is 2.55. The van der Waals surface area contributed by atoms with Crippen molar-refractivity contribution in [2.45, 2.75) is 0 Å². The van der Waals surface area contributed by atoms with Crippen LogP contribution in [-0.2, 0) is 0 Å². The first-order chi connectivity index (χ1) is 8.15. The summed E-state index contributed by atoms with van der Waals surface area (Å²) >= 11 is 11.7. The highest BCUT2D eigenvalue weighted by molar-refractivity contribution is 6.31. The molecule has 0 N–H and O–H groups in total. The van der Waals surface area contributed by atoms with E-state index in [1.54, 1.807) is 36.4 Å². The molecule has 3 rings (SSSR count). The molecule has 1 aromatic heterocycles. The number of rotatable bonds is 0. The highest BCUT2D eigenvalue weighted by Crippen LogP contribution is 2.20. The molecule has 0 fully saturated rings. The molecule has 84 valence electrons. The van der Waals surface area contributed by atoms with Crippen LogP contribution in [0.1, 0.15) is 0 Å². The molecule has 2 aromatic carbocycles. The molecule has 3 aromatic rings. The molecule has 0 atom stereocenters. The third kappa shape index (κ3) is 1.68. The number of benzene rings is 2. The lowest BCUT2D eigenvalue weighted by Crippen LogP contribution is -2.28. The SMILES string of the molecule is [O-][n+]1c2ccc(Cl)cc2nc2ccc(Cl)cc21. The van der Waals surface area contributed by atoms with Crippen molar-refractivity contribution < 1.29 is 4.73 Å². The van der Waals surface area contributed by atoms with Gasteiger partial charge in [0.05, 0.1) is 0 Å². The Morgan fingerprint density at radius 3 is 2.41 bits per heavy atom. The predicted molar refractivity (Wildman–Crippen MR) is 68.2 cm³/mol. The van der Waals surface area contributed by atoms with Gasteiger partial charge in [-0.15, -0.1) is 0 Å². The van der Waals surface area contributed by atoms with Crippen molar-refractivity contribution in [3.05, 3.63) is 51.7 Å². The molecule has 0 amide bonds. The fraction of sp³-hybridized carbons (Fsp3) is 0. The second kappa shape index (κ2) is 3.72. The monoisotopic (exact) mass is 264 g/mol. The second-order valence-corrected chi connectivity index (χ2v) is 4.55. The summed E-state index contributed by atoms with van der Waals surface area (Å²) in [6.07, 6.45) is 0. The highest BCUT2D eigenvalue weighted by Gasteiger charge is 2.12. The molecule has 0 saturated heterocycles. The van der Waals surface area contributed by atoms with Gasteiger partial charge in [0.15, 0.2) is 0 Å². The Labute approximate surface area is 107 Å². The van der Waals surface area contributed by atoms with Gasteiger partial charge in [-0.25, -0.2) is 4.98 Å². The summed E-state index contributed by atoms with van der Waals surface area (Å²) in [5, 5.41) is 13.2. The Morgan fingerprint density at radius 2 is 1.59 bits per heavy atom. The predicted octanol–water partition coefficient (Wildman–Crippen LogP) is 3.33. The van der Waals surface area contributed by atoms with Gasteiger partial charge in [0.1, 0.15) is 11.0 Å². The topological polar surface area (TPSA) is 39.8 Å². The van der Waals surface area contributed by atoms with Crippen LogP contribution in [0, 0.1) is 5.21 Å². The maximum absolute atomic E-state index is 12.1. The van der Waals surface area contributed by atoms with Crippen LogP contribution in [0.4, 0.5) is 0 Å². The summed E-state index contributed by atoms with van der Waals surface area (Å²) in [6.45, 7) is 0. The molecule has 17 heavy (non-hydrogen) atoms. The van der Waals surface area contributed by atoms with Gasteiger partial charge in [0, 0.05) is 22.2 Å². The van der Waals surface area contributed by atoms with Gasteiger partial charge in [-0.05, 0) is 24.3 Å². The number of nitrogens with zero attached hydrogens (tertiary/aromatic N) is 2. The molecule has 0 saturated carbocycles. The van der Waals surface area contributed by atoms with Crippen molar-refractivity contribution in [3.63, 3.8) is 0 Å². The molecule has 0 bridgehead atoms. The third-order valence-corrected chi connectivity index (χ3v) is 3.02. The highest BCUT2D eigenvalue weighted by atomic mass is 35.5. The van der Waals surface area contributed by atoms with Crippen molar-refractivity contribution in [2.75, 3.05) is 0 Å². The van der Waals surface area contributed by atoms with Crippen LogP contribution in [-0.4, -0.2) is 4.98 Å². The van der Waals surface area contributed by atoms with Gasteiger partial charge in [0.25, 0.3) is 0 Å². The minimum absolute atomic E-state index is 0.451. The average molecular weight is 265 g/mol. The molecule has 3 nitrogen and oxygen atoms in total. The zero-order valence-corrected chi connectivity index (χ0v) is 10.0. The molecule has 0 aliphatic carbocycles. The maximum Gasteiger partial charge on any atom is 0.244 e. The van der Waals surface area contributed by atoms with Crippen LogP contribution in [0.2, 0.25) is 10.0 Å². The maximum atomic E-state index is 12.1. The van der Waals surface area contributed by atoms with Gasteiger partial charge < -0.3 is 5.21 Å². The minimum Gasteiger partial charge on any atom is -0.618 e. The van der Waals surface area contributed by atoms with Crippen LogP contribution >= 0.6 is 23.2 Å². The van der Waals surface area contributed by atoms with E-state index in [9.17, 15) is 5.21 Å².